The van der Waals surface area contributed by atoms with Crippen LogP contribution in [0.4, 0.5) is 17.1 Å². The largest absolute Gasteiger partial charge is 0.322 e. The second kappa shape index (κ2) is 12.2. The van der Waals surface area contributed by atoms with Gasteiger partial charge in [0.25, 0.3) is 17.5 Å². The van der Waals surface area contributed by atoms with Gasteiger partial charge < -0.3 is 10.6 Å². The van der Waals surface area contributed by atoms with Crippen molar-refractivity contribution in [2.75, 3.05) is 5.32 Å². The summed E-state index contributed by atoms with van der Waals surface area (Å²) in [6.45, 7) is 1.98. The predicted molar refractivity (Wildman–Crippen MR) is 173 cm³/mol. The van der Waals surface area contributed by atoms with E-state index in [1.54, 1.807) is 54.6 Å². The number of thioether (sulfide) groups is 1. The van der Waals surface area contributed by atoms with Gasteiger partial charge >= 0.3 is 0 Å². The van der Waals surface area contributed by atoms with E-state index in [9.17, 15) is 19.7 Å². The van der Waals surface area contributed by atoms with Crippen LogP contribution in [0.25, 0.3) is 16.3 Å². The molecule has 0 unspecified atom stereocenters. The molecule has 43 heavy (non-hydrogen) atoms. The molecule has 0 saturated carbocycles. The number of amidine groups is 1. The molecule has 0 radical (unpaired) electrons. The highest BCUT2D eigenvalue weighted by atomic mass is 32.2. The quantitative estimate of drug-likeness (QED) is 0.108. The number of nitrogens with one attached hydrogen (secondary N) is 2. The van der Waals surface area contributed by atoms with Crippen molar-refractivity contribution in [3.63, 3.8) is 0 Å². The molecule has 12 heteroatoms. The number of amides is 2. The lowest BCUT2D eigenvalue weighted by Crippen LogP contribution is -2.19. The Kier molecular flexibility index (Phi) is 8.05. The average Bonchev–Trinajstić information content (AvgIpc) is 3.56. The molecule has 212 valence electrons. The van der Waals surface area contributed by atoms with Crippen LogP contribution in [0.2, 0.25) is 0 Å². The third-order valence-corrected chi connectivity index (χ3v) is 9.31. The minimum absolute atomic E-state index is 0.0913. The molecule has 0 bridgehead atoms. The predicted octanol–water partition coefficient (Wildman–Crippen LogP) is 7.81. The fraction of sp³-hybridized carbons (Fsp3) is 0.0323. The van der Waals surface area contributed by atoms with Crippen LogP contribution in [0.3, 0.4) is 0 Å². The second-order valence-electron chi connectivity index (χ2n) is 9.39. The number of aliphatic imine (C=N–C) groups is 1. The zero-order valence-corrected chi connectivity index (χ0v) is 24.9. The maximum absolute atomic E-state index is 12.6. The van der Waals surface area contributed by atoms with Crippen molar-refractivity contribution in [2.24, 2.45) is 4.99 Å². The highest BCUT2D eigenvalue weighted by molar-refractivity contribution is 8.18. The first-order valence-corrected chi connectivity index (χ1v) is 15.4. The van der Waals surface area contributed by atoms with E-state index in [0.29, 0.717) is 36.1 Å². The van der Waals surface area contributed by atoms with Crippen LogP contribution in [0.1, 0.15) is 21.5 Å². The van der Waals surface area contributed by atoms with Crippen molar-refractivity contribution in [2.45, 2.75) is 16.2 Å². The summed E-state index contributed by atoms with van der Waals surface area (Å²) in [7, 11) is 0. The summed E-state index contributed by atoms with van der Waals surface area (Å²) in [6, 6.07) is 26.8. The van der Waals surface area contributed by atoms with Crippen LogP contribution in [-0.4, -0.2) is 26.9 Å². The monoisotopic (exact) mass is 623 g/mol. The number of fused-ring (bicyclic) bond motifs is 1. The van der Waals surface area contributed by atoms with Crippen molar-refractivity contribution in [1.29, 1.82) is 0 Å². The average molecular weight is 624 g/mol. The lowest BCUT2D eigenvalue weighted by Gasteiger charge is -2.04. The van der Waals surface area contributed by atoms with Gasteiger partial charge in [-0.15, -0.1) is 11.3 Å². The number of carbonyl (C=O) groups excluding carboxylic acids is 2. The molecule has 1 aliphatic heterocycles. The lowest BCUT2D eigenvalue weighted by atomic mass is 10.2. The second-order valence-corrected chi connectivity index (χ2v) is 12.7. The molecule has 1 fully saturated rings. The highest BCUT2D eigenvalue weighted by Gasteiger charge is 2.25. The third-order valence-electron chi connectivity index (χ3n) is 6.25. The van der Waals surface area contributed by atoms with Gasteiger partial charge in [-0.1, -0.05) is 53.7 Å². The zero-order chi connectivity index (χ0) is 29.9. The summed E-state index contributed by atoms with van der Waals surface area (Å²) in [5.74, 6) is -0.529. The molecule has 0 atom stereocenters. The summed E-state index contributed by atoms with van der Waals surface area (Å²) in [5, 5.41) is 18.1. The first kappa shape index (κ1) is 28.3. The van der Waals surface area contributed by atoms with E-state index in [-0.39, 0.29) is 17.5 Å². The van der Waals surface area contributed by atoms with E-state index >= 15 is 0 Å². The fourth-order valence-electron chi connectivity index (χ4n) is 4.13. The molecule has 0 spiro atoms. The van der Waals surface area contributed by atoms with Gasteiger partial charge in [-0.2, -0.15) is 0 Å². The van der Waals surface area contributed by atoms with Crippen molar-refractivity contribution < 1.29 is 14.5 Å². The smallest absolute Gasteiger partial charge is 0.283 e. The number of thiazole rings is 1. The van der Waals surface area contributed by atoms with Crippen LogP contribution in [0.5, 0.6) is 0 Å². The molecule has 2 amide bonds. The van der Waals surface area contributed by atoms with Crippen LogP contribution >= 0.6 is 34.9 Å². The molecule has 1 aliphatic rings. The van der Waals surface area contributed by atoms with Gasteiger partial charge in [-0.3, -0.25) is 19.7 Å². The number of anilines is 1. The Hall–Kier alpha value is -4.78. The zero-order valence-electron chi connectivity index (χ0n) is 22.4. The Morgan fingerprint density at radius 2 is 1.84 bits per heavy atom. The maximum Gasteiger partial charge on any atom is 0.283 e. The number of nitrogens with zero attached hydrogens (tertiary/aromatic N) is 3. The molecule has 5 aromatic rings. The van der Waals surface area contributed by atoms with Crippen LogP contribution in [-0.2, 0) is 4.79 Å². The van der Waals surface area contributed by atoms with E-state index in [4.69, 9.17) is 0 Å². The first-order chi connectivity index (χ1) is 20.8. The molecule has 4 aromatic carbocycles. The molecule has 1 aromatic heterocycles. The van der Waals surface area contributed by atoms with Gasteiger partial charge in [0, 0.05) is 17.3 Å². The SMILES string of the molecule is Cc1ccc(N=C2NC(=O)/C(=C/c3ccc(Sc4nc5ccc(NC(=O)c6ccccc6)cc5s4)c([N+](=O)[O-])c3)S2)cc1. The fourth-order valence-corrected chi connectivity index (χ4v) is 7.12. The van der Waals surface area contributed by atoms with Crippen molar-refractivity contribution in [3.8, 4) is 0 Å². The molecule has 0 aliphatic carbocycles. The van der Waals surface area contributed by atoms with Gasteiger partial charge in [0.1, 0.15) is 0 Å². The Labute approximate surface area is 258 Å². The van der Waals surface area contributed by atoms with E-state index in [1.165, 1.54) is 40.9 Å². The minimum atomic E-state index is -0.443. The van der Waals surface area contributed by atoms with Crippen molar-refractivity contribution >= 4 is 85.2 Å². The van der Waals surface area contributed by atoms with E-state index in [2.05, 4.69) is 20.6 Å². The summed E-state index contributed by atoms with van der Waals surface area (Å²) in [5.41, 5.74) is 4.16. The minimum Gasteiger partial charge on any atom is -0.322 e. The maximum atomic E-state index is 12.6. The molecule has 6 rings (SSSR count). The number of carbonyl (C=O) groups is 2. The number of hydrogen-bond donors (Lipinski definition) is 2. The molecule has 2 N–H and O–H groups in total. The van der Waals surface area contributed by atoms with E-state index < -0.39 is 4.92 Å². The third kappa shape index (κ3) is 6.67. The molecule has 1 saturated heterocycles. The Balaban J connectivity index is 1.19. The Morgan fingerprint density at radius 1 is 1.05 bits per heavy atom. The number of aryl methyl sites for hydroxylation is 1. The van der Waals surface area contributed by atoms with Crippen molar-refractivity contribution in [3.05, 3.63) is 123 Å². The highest BCUT2D eigenvalue weighted by Crippen LogP contribution is 2.40. The summed E-state index contributed by atoms with van der Waals surface area (Å²) >= 11 is 3.75. The summed E-state index contributed by atoms with van der Waals surface area (Å²) < 4.78 is 1.46. The number of rotatable bonds is 7. The Morgan fingerprint density at radius 3 is 2.60 bits per heavy atom. The number of hydrogen-bond acceptors (Lipinski definition) is 9. The first-order valence-electron chi connectivity index (χ1n) is 12.9. The summed E-state index contributed by atoms with van der Waals surface area (Å²) in [6.07, 6.45) is 1.61. The van der Waals surface area contributed by atoms with E-state index in [1.807, 2.05) is 43.3 Å². The van der Waals surface area contributed by atoms with Gasteiger partial charge in [0.2, 0.25) is 0 Å². The molecular formula is C31H21N5O4S3. The van der Waals surface area contributed by atoms with Gasteiger partial charge in [-0.25, -0.2) is 9.98 Å². The number of nitro groups is 1. The van der Waals surface area contributed by atoms with Crippen LogP contribution < -0.4 is 10.6 Å². The lowest BCUT2D eigenvalue weighted by molar-refractivity contribution is -0.387. The standard InChI is InChI=1S/C31H21N5O4S3/c1-18-7-10-21(11-8-18)33-30-35-29(38)27(41-30)16-19-9-14-25(24(15-19)36(39)40)42-31-34-23-13-12-22(17-26(23)43-31)32-28(37)20-5-3-2-4-6-20/h2-17H,1H3,(H,32,37)(H,33,35,38)/b27-16-. The number of nitro benzene ring substituents is 1. The summed E-state index contributed by atoms with van der Waals surface area (Å²) in [4.78, 5) is 46.5. The number of aromatic nitrogens is 1. The topological polar surface area (TPSA) is 127 Å². The molecular weight excluding hydrogens is 603 g/mol. The van der Waals surface area contributed by atoms with E-state index in [0.717, 1.165) is 21.5 Å². The number of benzene rings is 4. The molecule has 9 nitrogen and oxygen atoms in total. The Bertz CT molecular complexity index is 1950. The molecule has 2 heterocycles. The van der Waals surface area contributed by atoms with Crippen LogP contribution in [0, 0.1) is 17.0 Å². The van der Waals surface area contributed by atoms with Crippen molar-refractivity contribution in [1.82, 2.24) is 10.3 Å². The van der Waals surface area contributed by atoms with Gasteiger partial charge in [-0.05, 0) is 78.9 Å². The van der Waals surface area contributed by atoms with Gasteiger partial charge in [0.05, 0.1) is 30.6 Å². The van der Waals surface area contributed by atoms with Crippen LogP contribution in [0.15, 0.2) is 110 Å². The van der Waals surface area contributed by atoms with Gasteiger partial charge in [0.15, 0.2) is 9.51 Å². The normalized spacial score (nSPS) is 14.8.